The summed E-state index contributed by atoms with van der Waals surface area (Å²) in [5.41, 5.74) is 0.456. The van der Waals surface area contributed by atoms with Crippen molar-refractivity contribution in [3.05, 3.63) is 21.4 Å². The molecular formula is C13H15F2NO3S. The first-order chi connectivity index (χ1) is 9.28. The monoisotopic (exact) mass is 303 g/mol. The molecule has 2 rings (SSSR count). The van der Waals surface area contributed by atoms with Crippen LogP contribution in [0, 0.1) is 12.8 Å². The van der Waals surface area contributed by atoms with Crippen molar-refractivity contribution in [1.29, 1.82) is 0 Å². The molecule has 0 saturated heterocycles. The van der Waals surface area contributed by atoms with Gasteiger partial charge in [0.15, 0.2) is 0 Å². The van der Waals surface area contributed by atoms with E-state index in [1.807, 2.05) is 0 Å². The molecule has 1 saturated carbocycles. The molecule has 1 aromatic rings. The first-order valence-electron chi connectivity index (χ1n) is 6.28. The zero-order chi connectivity index (χ0) is 14.9. The molecule has 2 N–H and O–H groups in total. The molecule has 4 nitrogen and oxygen atoms in total. The summed E-state index contributed by atoms with van der Waals surface area (Å²) >= 11 is 0.796. The van der Waals surface area contributed by atoms with Gasteiger partial charge >= 0.3 is 5.97 Å². The van der Waals surface area contributed by atoms with Crippen molar-refractivity contribution in [1.82, 2.24) is 5.32 Å². The van der Waals surface area contributed by atoms with Gasteiger partial charge < -0.3 is 10.4 Å². The maximum absolute atomic E-state index is 13.5. The minimum Gasteiger partial charge on any atom is -0.477 e. The molecule has 0 aliphatic heterocycles. The number of carboxylic acids is 1. The van der Waals surface area contributed by atoms with Crippen molar-refractivity contribution in [2.75, 3.05) is 6.54 Å². The summed E-state index contributed by atoms with van der Waals surface area (Å²) in [6.07, 6.45) is 1.46. The largest absolute Gasteiger partial charge is 0.477 e. The van der Waals surface area contributed by atoms with Crippen molar-refractivity contribution in [2.45, 2.75) is 32.1 Å². The van der Waals surface area contributed by atoms with E-state index in [9.17, 15) is 18.4 Å². The number of nitrogens with one attached hydrogen (secondary N) is 1. The smallest absolute Gasteiger partial charge is 0.346 e. The van der Waals surface area contributed by atoms with E-state index in [-0.39, 0.29) is 22.1 Å². The molecule has 1 fully saturated rings. The second-order valence-electron chi connectivity index (χ2n) is 5.11. The van der Waals surface area contributed by atoms with Gasteiger partial charge in [0.25, 0.3) is 11.8 Å². The second kappa shape index (κ2) is 5.47. The average Bonchev–Trinajstić information content (AvgIpc) is 3.04. The lowest BCUT2D eigenvalue weighted by atomic mass is 10.1. The summed E-state index contributed by atoms with van der Waals surface area (Å²) in [6, 6.07) is 1.41. The zero-order valence-electron chi connectivity index (χ0n) is 10.9. The van der Waals surface area contributed by atoms with Crippen LogP contribution in [-0.4, -0.2) is 29.5 Å². The van der Waals surface area contributed by atoms with Crippen molar-refractivity contribution in [2.24, 2.45) is 5.92 Å². The van der Waals surface area contributed by atoms with Crippen LogP contribution >= 0.6 is 11.3 Å². The number of thiophene rings is 1. The number of aryl methyl sites for hydroxylation is 1. The molecule has 20 heavy (non-hydrogen) atoms. The topological polar surface area (TPSA) is 66.4 Å². The highest BCUT2D eigenvalue weighted by atomic mass is 32.1. The number of halogens is 2. The molecule has 0 spiro atoms. The Morgan fingerprint density at radius 2 is 2.15 bits per heavy atom. The number of carboxylic acid groups (broad SMARTS) is 1. The molecule has 1 aliphatic carbocycles. The molecule has 0 unspecified atom stereocenters. The van der Waals surface area contributed by atoms with Gasteiger partial charge in [-0.2, -0.15) is 0 Å². The van der Waals surface area contributed by atoms with E-state index < -0.39 is 24.3 Å². The Balaban J connectivity index is 1.94. The van der Waals surface area contributed by atoms with Crippen molar-refractivity contribution >= 4 is 23.2 Å². The predicted molar refractivity (Wildman–Crippen MR) is 70.6 cm³/mol. The quantitative estimate of drug-likeness (QED) is 0.849. The van der Waals surface area contributed by atoms with Crippen molar-refractivity contribution < 1.29 is 23.5 Å². The molecule has 0 atom stereocenters. The Kier molecular flexibility index (Phi) is 4.08. The number of aromatic carboxylic acids is 1. The Hall–Kier alpha value is -1.50. The maximum atomic E-state index is 13.5. The summed E-state index contributed by atoms with van der Waals surface area (Å²) < 4.78 is 27.0. The summed E-state index contributed by atoms with van der Waals surface area (Å²) in [5.74, 6) is -4.60. The van der Waals surface area contributed by atoms with E-state index in [2.05, 4.69) is 5.32 Å². The van der Waals surface area contributed by atoms with Crippen LogP contribution in [0.1, 0.15) is 44.2 Å². The van der Waals surface area contributed by atoms with Gasteiger partial charge in [0, 0.05) is 6.42 Å². The molecule has 1 heterocycles. The Labute approximate surface area is 118 Å². The third-order valence-electron chi connectivity index (χ3n) is 3.13. The van der Waals surface area contributed by atoms with E-state index in [4.69, 9.17) is 5.11 Å². The number of carbonyl (C=O) groups excluding carboxylic acids is 1. The first kappa shape index (κ1) is 14.9. The number of hydrogen-bond donors (Lipinski definition) is 2. The van der Waals surface area contributed by atoms with Gasteiger partial charge in [0.05, 0.1) is 11.4 Å². The van der Waals surface area contributed by atoms with Gasteiger partial charge in [-0.3, -0.25) is 4.79 Å². The summed E-state index contributed by atoms with van der Waals surface area (Å²) in [7, 11) is 0. The van der Waals surface area contributed by atoms with Gasteiger partial charge in [0.2, 0.25) is 0 Å². The number of carbonyl (C=O) groups is 2. The standard InChI is InChI=1S/C13H15F2NO3S/c1-7-4-9(20-10(7)12(18)19)11(17)16-6-13(14,15)5-8-2-3-8/h4,8H,2-3,5-6H2,1H3,(H,16,17)(H,18,19). The normalized spacial score (nSPS) is 15.2. The van der Waals surface area contributed by atoms with Crippen LogP contribution in [0.2, 0.25) is 0 Å². The summed E-state index contributed by atoms with van der Waals surface area (Å²) in [6.45, 7) is 0.861. The Morgan fingerprint density at radius 1 is 1.50 bits per heavy atom. The Morgan fingerprint density at radius 3 is 2.65 bits per heavy atom. The molecule has 110 valence electrons. The minimum atomic E-state index is -2.90. The second-order valence-corrected chi connectivity index (χ2v) is 6.17. The molecule has 7 heteroatoms. The van der Waals surface area contributed by atoms with Crippen LogP contribution in [0.15, 0.2) is 6.07 Å². The van der Waals surface area contributed by atoms with Gasteiger partial charge in [-0.25, -0.2) is 13.6 Å². The molecular weight excluding hydrogens is 288 g/mol. The summed E-state index contributed by atoms with van der Waals surface area (Å²) in [5, 5.41) is 11.1. The van der Waals surface area contributed by atoms with Crippen LogP contribution in [-0.2, 0) is 0 Å². The third-order valence-corrected chi connectivity index (χ3v) is 4.35. The highest BCUT2D eigenvalue weighted by Crippen LogP contribution is 2.38. The van der Waals surface area contributed by atoms with E-state index in [1.165, 1.54) is 6.07 Å². The van der Waals surface area contributed by atoms with Crippen molar-refractivity contribution in [3.8, 4) is 0 Å². The van der Waals surface area contributed by atoms with Gasteiger partial charge in [-0.05, 0) is 37.3 Å². The first-order valence-corrected chi connectivity index (χ1v) is 7.10. The van der Waals surface area contributed by atoms with Gasteiger partial charge in [0.1, 0.15) is 4.88 Å². The average molecular weight is 303 g/mol. The number of hydrogen-bond acceptors (Lipinski definition) is 3. The zero-order valence-corrected chi connectivity index (χ0v) is 11.7. The fraction of sp³-hybridized carbons (Fsp3) is 0.538. The van der Waals surface area contributed by atoms with Crippen LogP contribution in [0.5, 0.6) is 0 Å². The molecule has 1 amide bonds. The molecule has 0 aromatic carbocycles. The van der Waals surface area contributed by atoms with Gasteiger partial charge in [-0.1, -0.05) is 0 Å². The lowest BCUT2D eigenvalue weighted by Gasteiger charge is -2.16. The van der Waals surface area contributed by atoms with E-state index >= 15 is 0 Å². The Bertz CT molecular complexity index is 538. The van der Waals surface area contributed by atoms with Crippen LogP contribution < -0.4 is 5.32 Å². The minimum absolute atomic E-state index is 0.0555. The number of amides is 1. The van der Waals surface area contributed by atoms with E-state index in [0.717, 1.165) is 24.2 Å². The van der Waals surface area contributed by atoms with E-state index in [0.29, 0.717) is 5.56 Å². The van der Waals surface area contributed by atoms with Crippen molar-refractivity contribution in [3.63, 3.8) is 0 Å². The summed E-state index contributed by atoms with van der Waals surface area (Å²) in [4.78, 5) is 22.8. The molecule has 0 radical (unpaired) electrons. The fourth-order valence-corrected chi connectivity index (χ4v) is 2.85. The van der Waals surface area contributed by atoms with Gasteiger partial charge in [-0.15, -0.1) is 11.3 Å². The fourth-order valence-electron chi connectivity index (χ4n) is 1.92. The number of alkyl halides is 2. The highest BCUT2D eigenvalue weighted by molar-refractivity contribution is 7.16. The lowest BCUT2D eigenvalue weighted by Crippen LogP contribution is -2.36. The SMILES string of the molecule is Cc1cc(C(=O)NCC(F)(F)CC2CC2)sc1C(=O)O. The maximum Gasteiger partial charge on any atom is 0.346 e. The predicted octanol–water partition coefficient (Wildman–Crippen LogP) is 2.92. The number of rotatable bonds is 6. The lowest BCUT2D eigenvalue weighted by molar-refractivity contribution is -0.0108. The van der Waals surface area contributed by atoms with Crippen LogP contribution in [0.3, 0.4) is 0 Å². The third kappa shape index (κ3) is 3.75. The molecule has 1 aromatic heterocycles. The van der Waals surface area contributed by atoms with Crippen LogP contribution in [0.4, 0.5) is 8.78 Å². The molecule has 0 bridgehead atoms. The molecule has 1 aliphatic rings. The van der Waals surface area contributed by atoms with Crippen LogP contribution in [0.25, 0.3) is 0 Å². The highest BCUT2D eigenvalue weighted by Gasteiger charge is 2.37. The van der Waals surface area contributed by atoms with E-state index in [1.54, 1.807) is 6.92 Å².